The Kier molecular flexibility index (Phi) is 3.13. The third-order valence-electron chi connectivity index (χ3n) is 3.57. The van der Waals surface area contributed by atoms with Crippen molar-refractivity contribution < 1.29 is 9.53 Å². The second-order valence-electron chi connectivity index (χ2n) is 5.96. The summed E-state index contributed by atoms with van der Waals surface area (Å²) in [5.41, 5.74) is 2.02. The molecule has 1 aromatic heterocycles. The van der Waals surface area contributed by atoms with Gasteiger partial charge in [0.25, 0.3) is 0 Å². The quantitative estimate of drug-likeness (QED) is 0.839. The van der Waals surface area contributed by atoms with Crippen LogP contribution >= 0.6 is 11.3 Å². The van der Waals surface area contributed by atoms with Crippen LogP contribution in [-0.2, 0) is 6.42 Å². The number of hydrogen-bond donors (Lipinski definition) is 0. The molecule has 1 aromatic carbocycles. The van der Waals surface area contributed by atoms with Crippen molar-refractivity contribution in [2.75, 3.05) is 7.11 Å². The van der Waals surface area contributed by atoms with Gasteiger partial charge >= 0.3 is 0 Å². The number of ether oxygens (including phenoxy) is 1. The maximum atomic E-state index is 12.2. The molecule has 1 aliphatic rings. The molecule has 0 bridgehead atoms. The summed E-state index contributed by atoms with van der Waals surface area (Å²) in [6.07, 6.45) is 1.49. The van der Waals surface area contributed by atoms with Crippen molar-refractivity contribution in [1.29, 1.82) is 0 Å². The van der Waals surface area contributed by atoms with Gasteiger partial charge < -0.3 is 4.74 Å². The summed E-state index contributed by atoms with van der Waals surface area (Å²) in [5.74, 6) is 1.06. The monoisotopic (exact) mass is 287 g/mol. The summed E-state index contributed by atoms with van der Waals surface area (Å²) < 4.78 is 5.16. The molecule has 0 saturated carbocycles. The molecule has 3 nitrogen and oxygen atoms in total. The molecule has 4 heteroatoms. The first-order chi connectivity index (χ1) is 9.48. The molecule has 0 aliphatic heterocycles. The van der Waals surface area contributed by atoms with Gasteiger partial charge in [0.1, 0.15) is 10.8 Å². The fourth-order valence-electron chi connectivity index (χ4n) is 2.58. The lowest BCUT2D eigenvalue weighted by Crippen LogP contribution is -2.25. The minimum absolute atomic E-state index is 0.0231. The van der Waals surface area contributed by atoms with Gasteiger partial charge in [-0.05, 0) is 36.1 Å². The normalized spacial score (nSPS) is 16.9. The van der Waals surface area contributed by atoms with Crippen LogP contribution in [0.1, 0.15) is 35.6 Å². The number of carbonyl (C=O) groups excluding carboxylic acids is 1. The Labute approximate surface area is 122 Å². The van der Waals surface area contributed by atoms with Crippen LogP contribution in [-0.4, -0.2) is 17.9 Å². The van der Waals surface area contributed by atoms with Gasteiger partial charge in [-0.15, -0.1) is 11.3 Å². The predicted octanol–water partition coefficient (Wildman–Crippen LogP) is 3.97. The lowest BCUT2D eigenvalue weighted by atomic mass is 9.78. The van der Waals surface area contributed by atoms with E-state index in [2.05, 4.69) is 18.8 Å². The Bertz CT molecular complexity index is 656. The topological polar surface area (TPSA) is 39.2 Å². The van der Waals surface area contributed by atoms with E-state index in [-0.39, 0.29) is 11.2 Å². The molecular weight excluding hydrogens is 270 g/mol. The van der Waals surface area contributed by atoms with E-state index < -0.39 is 0 Å². The number of aromatic nitrogens is 1. The smallest absolute Gasteiger partial charge is 0.175 e. The number of fused-ring (bicyclic) bond motifs is 1. The average molecular weight is 287 g/mol. The standard InChI is InChI=1S/C16H17NO2S/c1-16(2)8-12-14(13(18)9-16)20-15(17-12)10-4-6-11(19-3)7-5-10/h4-7H,8-9H2,1-3H3. The Morgan fingerprint density at radius 2 is 1.90 bits per heavy atom. The summed E-state index contributed by atoms with van der Waals surface area (Å²) in [4.78, 5) is 17.7. The van der Waals surface area contributed by atoms with Gasteiger partial charge in [0, 0.05) is 12.0 Å². The highest BCUT2D eigenvalue weighted by atomic mass is 32.1. The zero-order valence-corrected chi connectivity index (χ0v) is 12.7. The maximum Gasteiger partial charge on any atom is 0.175 e. The fourth-order valence-corrected chi connectivity index (χ4v) is 3.60. The number of ketones is 1. The van der Waals surface area contributed by atoms with Crippen molar-refractivity contribution in [3.63, 3.8) is 0 Å². The lowest BCUT2D eigenvalue weighted by molar-refractivity contribution is 0.0916. The van der Waals surface area contributed by atoms with Crippen LogP contribution in [0.2, 0.25) is 0 Å². The van der Waals surface area contributed by atoms with Crippen LogP contribution in [0.3, 0.4) is 0 Å². The number of carbonyl (C=O) groups is 1. The number of benzene rings is 1. The van der Waals surface area contributed by atoms with Crippen LogP contribution in [0.5, 0.6) is 5.75 Å². The summed E-state index contributed by atoms with van der Waals surface area (Å²) >= 11 is 1.51. The molecule has 1 heterocycles. The molecule has 2 aromatic rings. The van der Waals surface area contributed by atoms with E-state index >= 15 is 0 Å². The van der Waals surface area contributed by atoms with Gasteiger partial charge in [-0.25, -0.2) is 4.98 Å². The van der Waals surface area contributed by atoms with E-state index in [1.54, 1.807) is 7.11 Å². The number of methoxy groups -OCH3 is 1. The van der Waals surface area contributed by atoms with E-state index in [4.69, 9.17) is 4.74 Å². The average Bonchev–Trinajstić information content (AvgIpc) is 2.81. The van der Waals surface area contributed by atoms with Gasteiger partial charge in [-0.3, -0.25) is 4.79 Å². The molecular formula is C16H17NO2S. The molecule has 0 spiro atoms. The molecule has 0 saturated heterocycles. The van der Waals surface area contributed by atoms with Gasteiger partial charge in [0.15, 0.2) is 5.78 Å². The fraction of sp³-hybridized carbons (Fsp3) is 0.375. The summed E-state index contributed by atoms with van der Waals surface area (Å²) in [7, 11) is 1.65. The van der Waals surface area contributed by atoms with Crippen LogP contribution in [0, 0.1) is 5.41 Å². The highest BCUT2D eigenvalue weighted by Crippen LogP contribution is 2.39. The van der Waals surface area contributed by atoms with Crippen molar-refractivity contribution >= 4 is 17.1 Å². The molecule has 0 atom stereocenters. The molecule has 20 heavy (non-hydrogen) atoms. The van der Waals surface area contributed by atoms with Crippen molar-refractivity contribution in [3.8, 4) is 16.3 Å². The Morgan fingerprint density at radius 1 is 1.20 bits per heavy atom. The number of hydrogen-bond acceptors (Lipinski definition) is 4. The van der Waals surface area contributed by atoms with E-state index in [9.17, 15) is 4.79 Å². The van der Waals surface area contributed by atoms with Crippen molar-refractivity contribution in [1.82, 2.24) is 4.98 Å². The van der Waals surface area contributed by atoms with E-state index in [1.165, 1.54) is 11.3 Å². The number of nitrogens with zero attached hydrogens (tertiary/aromatic N) is 1. The zero-order chi connectivity index (χ0) is 14.3. The number of Topliss-reactive ketones (excluding diaryl/α,β-unsaturated/α-hetero) is 1. The molecule has 0 amide bonds. The molecule has 0 fully saturated rings. The SMILES string of the molecule is COc1ccc(-c2nc3c(s2)C(=O)CC(C)(C)C3)cc1. The summed E-state index contributed by atoms with van der Waals surface area (Å²) in [5, 5.41) is 0.920. The third kappa shape index (κ3) is 2.36. The first-order valence-electron chi connectivity index (χ1n) is 6.66. The van der Waals surface area contributed by atoms with Crippen molar-refractivity contribution in [3.05, 3.63) is 34.8 Å². The number of rotatable bonds is 2. The molecule has 1 aliphatic carbocycles. The zero-order valence-electron chi connectivity index (χ0n) is 11.9. The first-order valence-corrected chi connectivity index (χ1v) is 7.47. The van der Waals surface area contributed by atoms with Gasteiger partial charge in [-0.2, -0.15) is 0 Å². The van der Waals surface area contributed by atoms with Crippen LogP contribution in [0.25, 0.3) is 10.6 Å². The molecule has 0 radical (unpaired) electrons. The van der Waals surface area contributed by atoms with Gasteiger partial charge in [0.05, 0.1) is 17.7 Å². The van der Waals surface area contributed by atoms with Crippen LogP contribution in [0.4, 0.5) is 0 Å². The van der Waals surface area contributed by atoms with E-state index in [0.717, 1.165) is 33.3 Å². The van der Waals surface area contributed by atoms with Crippen LogP contribution in [0.15, 0.2) is 24.3 Å². The van der Waals surface area contributed by atoms with Crippen molar-refractivity contribution in [2.24, 2.45) is 5.41 Å². The first kappa shape index (κ1) is 13.3. The third-order valence-corrected chi connectivity index (χ3v) is 4.76. The molecule has 104 valence electrons. The van der Waals surface area contributed by atoms with E-state index in [0.29, 0.717) is 6.42 Å². The minimum Gasteiger partial charge on any atom is -0.497 e. The Balaban J connectivity index is 1.99. The maximum absolute atomic E-state index is 12.2. The van der Waals surface area contributed by atoms with Crippen molar-refractivity contribution in [2.45, 2.75) is 26.7 Å². The molecule has 0 N–H and O–H groups in total. The highest BCUT2D eigenvalue weighted by molar-refractivity contribution is 7.17. The largest absolute Gasteiger partial charge is 0.497 e. The Hall–Kier alpha value is -1.68. The van der Waals surface area contributed by atoms with Gasteiger partial charge in [0.2, 0.25) is 0 Å². The predicted molar refractivity (Wildman–Crippen MR) is 80.5 cm³/mol. The lowest BCUT2D eigenvalue weighted by Gasteiger charge is -2.26. The molecule has 3 rings (SSSR count). The second kappa shape index (κ2) is 4.70. The number of thiazole rings is 1. The van der Waals surface area contributed by atoms with Gasteiger partial charge in [-0.1, -0.05) is 13.8 Å². The summed E-state index contributed by atoms with van der Waals surface area (Å²) in [6.45, 7) is 4.25. The van der Waals surface area contributed by atoms with Crippen LogP contribution < -0.4 is 4.74 Å². The highest BCUT2D eigenvalue weighted by Gasteiger charge is 2.33. The molecule has 0 unspecified atom stereocenters. The second-order valence-corrected chi connectivity index (χ2v) is 6.96. The summed E-state index contributed by atoms with van der Waals surface area (Å²) in [6, 6.07) is 7.81. The Morgan fingerprint density at radius 3 is 2.55 bits per heavy atom. The minimum atomic E-state index is 0.0231. The van der Waals surface area contributed by atoms with E-state index in [1.807, 2.05) is 24.3 Å².